The Morgan fingerprint density at radius 1 is 1.03 bits per heavy atom. The molecule has 33 heavy (non-hydrogen) atoms. The van der Waals surface area contributed by atoms with E-state index in [4.69, 9.17) is 21.1 Å². The van der Waals surface area contributed by atoms with Crippen LogP contribution in [0.5, 0.6) is 11.5 Å². The Morgan fingerprint density at radius 2 is 1.79 bits per heavy atom. The highest BCUT2D eigenvalue weighted by Gasteiger charge is 2.27. The first-order valence-corrected chi connectivity index (χ1v) is 11.5. The number of benzene rings is 3. The molecule has 0 atom stereocenters. The van der Waals surface area contributed by atoms with Gasteiger partial charge in [0.2, 0.25) is 0 Å². The van der Waals surface area contributed by atoms with E-state index < -0.39 is 22.5 Å². The number of anilines is 1. The summed E-state index contributed by atoms with van der Waals surface area (Å²) < 4.78 is 37.9. The minimum Gasteiger partial charge on any atom is -0.497 e. The number of carbonyl (C=O) groups is 1. The Balaban J connectivity index is 1.82. The number of carbonyl (C=O) groups excluding carboxylic acids is 1. The van der Waals surface area contributed by atoms with E-state index in [-0.39, 0.29) is 10.6 Å². The van der Waals surface area contributed by atoms with Gasteiger partial charge in [-0.1, -0.05) is 35.9 Å². The number of nitrogens with zero attached hydrogens (tertiary/aromatic N) is 2. The van der Waals surface area contributed by atoms with Gasteiger partial charge in [0.1, 0.15) is 18.0 Å². The maximum Gasteiger partial charge on any atom is 0.264 e. The number of rotatable bonds is 9. The van der Waals surface area contributed by atoms with E-state index in [0.717, 1.165) is 4.31 Å². The normalized spacial score (nSPS) is 11.2. The fourth-order valence-electron chi connectivity index (χ4n) is 2.93. The van der Waals surface area contributed by atoms with Crippen LogP contribution in [0.2, 0.25) is 5.02 Å². The third-order valence-corrected chi connectivity index (χ3v) is 6.57. The monoisotopic (exact) mass is 487 g/mol. The molecule has 0 aliphatic rings. The third-order valence-electron chi connectivity index (χ3n) is 4.55. The molecule has 0 saturated carbocycles. The fraction of sp³-hybridized carbons (Fsp3) is 0.130. The summed E-state index contributed by atoms with van der Waals surface area (Å²) in [5.74, 6) is 0.467. The van der Waals surface area contributed by atoms with Crippen molar-refractivity contribution in [3.63, 3.8) is 0 Å². The van der Waals surface area contributed by atoms with E-state index >= 15 is 0 Å². The number of methoxy groups -OCH3 is 2. The molecule has 0 aliphatic carbocycles. The minimum atomic E-state index is -4.03. The highest BCUT2D eigenvalue weighted by molar-refractivity contribution is 7.92. The zero-order chi connectivity index (χ0) is 23.8. The van der Waals surface area contributed by atoms with Crippen molar-refractivity contribution in [2.45, 2.75) is 4.90 Å². The van der Waals surface area contributed by atoms with Crippen molar-refractivity contribution in [3.05, 3.63) is 83.4 Å². The molecule has 1 amide bonds. The van der Waals surface area contributed by atoms with Gasteiger partial charge in [-0.05, 0) is 42.5 Å². The molecule has 10 heteroatoms. The molecule has 8 nitrogen and oxygen atoms in total. The molecule has 0 heterocycles. The van der Waals surface area contributed by atoms with Crippen LogP contribution in [-0.2, 0) is 14.8 Å². The largest absolute Gasteiger partial charge is 0.497 e. The summed E-state index contributed by atoms with van der Waals surface area (Å²) in [5.41, 5.74) is 3.21. The lowest BCUT2D eigenvalue weighted by atomic mass is 10.2. The van der Waals surface area contributed by atoms with Gasteiger partial charge >= 0.3 is 0 Å². The van der Waals surface area contributed by atoms with Gasteiger partial charge in [-0.25, -0.2) is 13.8 Å². The van der Waals surface area contributed by atoms with E-state index in [1.54, 1.807) is 54.6 Å². The number of nitrogens with one attached hydrogen (secondary N) is 1. The van der Waals surface area contributed by atoms with Crippen LogP contribution in [0.3, 0.4) is 0 Å². The Bertz CT molecular complexity index is 1250. The molecule has 0 unspecified atom stereocenters. The second-order valence-electron chi connectivity index (χ2n) is 6.71. The summed E-state index contributed by atoms with van der Waals surface area (Å²) >= 11 is 6.06. The fourth-order valence-corrected chi connectivity index (χ4v) is 4.55. The van der Waals surface area contributed by atoms with E-state index in [1.807, 2.05) is 0 Å². The molecule has 0 saturated heterocycles. The number of hydrazone groups is 1. The molecule has 1 N–H and O–H groups in total. The van der Waals surface area contributed by atoms with Crippen molar-refractivity contribution in [1.29, 1.82) is 0 Å². The van der Waals surface area contributed by atoms with E-state index in [0.29, 0.717) is 22.1 Å². The lowest BCUT2D eigenvalue weighted by Gasteiger charge is -2.23. The molecule has 0 spiro atoms. The third kappa shape index (κ3) is 6.03. The van der Waals surface area contributed by atoms with Crippen molar-refractivity contribution in [3.8, 4) is 11.5 Å². The Labute approximate surface area is 197 Å². The molecular weight excluding hydrogens is 466 g/mol. The maximum absolute atomic E-state index is 13.3. The van der Waals surface area contributed by atoms with Crippen molar-refractivity contribution >= 4 is 39.4 Å². The number of hydrogen-bond acceptors (Lipinski definition) is 6. The molecule has 0 bridgehead atoms. The van der Waals surface area contributed by atoms with Gasteiger partial charge in [-0.15, -0.1) is 0 Å². The van der Waals surface area contributed by atoms with E-state index in [9.17, 15) is 13.2 Å². The van der Waals surface area contributed by atoms with Crippen LogP contribution in [-0.4, -0.2) is 41.3 Å². The van der Waals surface area contributed by atoms with Crippen LogP contribution in [0.25, 0.3) is 0 Å². The zero-order valence-corrected chi connectivity index (χ0v) is 19.5. The number of amides is 1. The summed E-state index contributed by atoms with van der Waals surface area (Å²) in [6.07, 6.45) is 1.39. The average Bonchev–Trinajstić information content (AvgIpc) is 2.83. The van der Waals surface area contributed by atoms with Gasteiger partial charge in [-0.3, -0.25) is 9.10 Å². The molecule has 3 aromatic carbocycles. The highest BCUT2D eigenvalue weighted by Crippen LogP contribution is 2.26. The lowest BCUT2D eigenvalue weighted by Crippen LogP contribution is -2.39. The molecule has 0 radical (unpaired) electrons. The molecule has 0 fully saturated rings. The Kier molecular flexibility index (Phi) is 7.92. The molecule has 3 aromatic rings. The highest BCUT2D eigenvalue weighted by atomic mass is 35.5. The van der Waals surface area contributed by atoms with Crippen molar-refractivity contribution < 1.29 is 22.7 Å². The standard InChI is InChI=1S/C23H22ClN3O5S/c1-31-20-12-11-17(22(14-20)32-2)15-25-26-23(28)16-27(19-8-6-7-18(24)13-19)33(29,30)21-9-4-3-5-10-21/h3-15H,16H2,1-2H3,(H,26,28)/b25-15-. The minimum absolute atomic E-state index is 0.0456. The molecule has 0 aromatic heterocycles. The second kappa shape index (κ2) is 10.8. The summed E-state index contributed by atoms with van der Waals surface area (Å²) in [6, 6.07) is 19.2. The number of hydrogen-bond donors (Lipinski definition) is 1. The quantitative estimate of drug-likeness (QED) is 0.366. The maximum atomic E-state index is 13.3. The first-order valence-electron chi connectivity index (χ1n) is 9.72. The average molecular weight is 488 g/mol. The van der Waals surface area contributed by atoms with Crippen LogP contribution in [0.4, 0.5) is 5.69 Å². The van der Waals surface area contributed by atoms with Crippen LogP contribution < -0.4 is 19.2 Å². The van der Waals surface area contributed by atoms with Gasteiger partial charge in [-0.2, -0.15) is 5.10 Å². The predicted molar refractivity (Wildman–Crippen MR) is 128 cm³/mol. The zero-order valence-electron chi connectivity index (χ0n) is 17.9. The van der Waals surface area contributed by atoms with Gasteiger partial charge in [0.05, 0.1) is 31.0 Å². The van der Waals surface area contributed by atoms with Gasteiger partial charge in [0, 0.05) is 16.7 Å². The first-order chi connectivity index (χ1) is 15.8. The summed E-state index contributed by atoms with van der Waals surface area (Å²) in [5, 5.41) is 4.27. The second-order valence-corrected chi connectivity index (χ2v) is 9.00. The van der Waals surface area contributed by atoms with Gasteiger partial charge in [0.25, 0.3) is 15.9 Å². The number of halogens is 1. The SMILES string of the molecule is COc1ccc(/C=N\NC(=O)CN(c2cccc(Cl)c2)S(=O)(=O)c2ccccc2)c(OC)c1. The summed E-state index contributed by atoms with van der Waals surface area (Å²) in [4.78, 5) is 12.7. The molecule has 3 rings (SSSR count). The van der Waals surface area contributed by atoms with Crippen molar-refractivity contribution in [2.75, 3.05) is 25.1 Å². The topological polar surface area (TPSA) is 97.3 Å². The van der Waals surface area contributed by atoms with Gasteiger partial charge in [0.15, 0.2) is 0 Å². The molecule has 172 valence electrons. The van der Waals surface area contributed by atoms with Crippen LogP contribution in [0.15, 0.2) is 82.8 Å². The molecule has 0 aliphatic heterocycles. The summed E-state index contributed by atoms with van der Waals surface area (Å²) in [7, 11) is -0.992. The number of sulfonamides is 1. The van der Waals surface area contributed by atoms with E-state index in [1.165, 1.54) is 38.6 Å². The smallest absolute Gasteiger partial charge is 0.264 e. The van der Waals surface area contributed by atoms with Crippen molar-refractivity contribution in [1.82, 2.24) is 5.43 Å². The predicted octanol–water partition coefficient (Wildman–Crippen LogP) is 3.70. The van der Waals surface area contributed by atoms with Gasteiger partial charge < -0.3 is 9.47 Å². The Hall–Kier alpha value is -3.56. The van der Waals surface area contributed by atoms with E-state index in [2.05, 4.69) is 10.5 Å². The van der Waals surface area contributed by atoms with Crippen LogP contribution >= 0.6 is 11.6 Å². The van der Waals surface area contributed by atoms with Crippen molar-refractivity contribution in [2.24, 2.45) is 5.10 Å². The van der Waals surface area contributed by atoms with Crippen LogP contribution in [0, 0.1) is 0 Å². The molecular formula is C23H22ClN3O5S. The van der Waals surface area contributed by atoms with Crippen LogP contribution in [0.1, 0.15) is 5.56 Å². The number of ether oxygens (including phenoxy) is 2. The first kappa shape index (κ1) is 24.1. The Morgan fingerprint density at radius 3 is 2.45 bits per heavy atom. The summed E-state index contributed by atoms with van der Waals surface area (Å²) in [6.45, 7) is -0.505. The lowest BCUT2D eigenvalue weighted by molar-refractivity contribution is -0.119.